The zero-order chi connectivity index (χ0) is 13.1. The van der Waals surface area contributed by atoms with Crippen LogP contribution in [0.2, 0.25) is 0 Å². The van der Waals surface area contributed by atoms with E-state index in [4.69, 9.17) is 5.26 Å². The van der Waals surface area contributed by atoms with Gasteiger partial charge in [0, 0.05) is 13.2 Å². The minimum Gasteiger partial charge on any atom is -0.308 e. The van der Waals surface area contributed by atoms with Gasteiger partial charge in [-0.25, -0.2) is 0 Å². The van der Waals surface area contributed by atoms with Gasteiger partial charge < -0.3 is 5.32 Å². The van der Waals surface area contributed by atoms with Crippen LogP contribution in [0.5, 0.6) is 0 Å². The Balaban J connectivity index is 2.08. The Labute approximate surface area is 104 Å². The maximum absolute atomic E-state index is 11.8. The summed E-state index contributed by atoms with van der Waals surface area (Å²) < 4.78 is 2.98. The fraction of sp³-hybridized carbons (Fsp3) is 0.273. The van der Waals surface area contributed by atoms with Crippen molar-refractivity contribution in [2.75, 3.05) is 5.32 Å². The molecule has 92 valence electrons. The molecule has 0 saturated heterocycles. The van der Waals surface area contributed by atoms with Gasteiger partial charge in [0.05, 0.1) is 12.4 Å². The average Bonchev–Trinajstić information content (AvgIpc) is 2.87. The van der Waals surface area contributed by atoms with Crippen LogP contribution in [0, 0.1) is 18.3 Å². The highest BCUT2D eigenvalue weighted by Gasteiger charge is 2.12. The van der Waals surface area contributed by atoms with E-state index >= 15 is 0 Å². The average molecular weight is 244 g/mol. The van der Waals surface area contributed by atoms with Crippen molar-refractivity contribution in [1.29, 1.82) is 5.26 Å². The molecule has 7 nitrogen and oxygen atoms in total. The van der Waals surface area contributed by atoms with Gasteiger partial charge in [-0.15, -0.1) is 0 Å². The number of aryl methyl sites for hydroxylation is 2. The molecule has 0 aromatic carbocycles. The van der Waals surface area contributed by atoms with Gasteiger partial charge in [0.15, 0.2) is 0 Å². The number of anilines is 1. The van der Waals surface area contributed by atoms with Crippen LogP contribution in [0.1, 0.15) is 11.1 Å². The largest absolute Gasteiger partial charge is 0.308 e. The number of hydrogen-bond acceptors (Lipinski definition) is 4. The third-order valence-electron chi connectivity index (χ3n) is 2.38. The monoisotopic (exact) mass is 244 g/mol. The van der Waals surface area contributed by atoms with Crippen molar-refractivity contribution in [2.45, 2.75) is 13.5 Å². The Kier molecular flexibility index (Phi) is 3.10. The van der Waals surface area contributed by atoms with E-state index in [1.165, 1.54) is 15.6 Å². The van der Waals surface area contributed by atoms with Crippen LogP contribution in [0.25, 0.3) is 0 Å². The molecule has 2 aromatic rings. The maximum Gasteiger partial charge on any atom is 0.247 e. The summed E-state index contributed by atoms with van der Waals surface area (Å²) >= 11 is 0. The molecular formula is C11H12N6O. The number of rotatable bonds is 3. The fourth-order valence-electron chi connectivity index (χ4n) is 1.54. The lowest BCUT2D eigenvalue weighted by molar-refractivity contribution is -0.116. The Morgan fingerprint density at radius 2 is 2.28 bits per heavy atom. The molecule has 1 amide bonds. The summed E-state index contributed by atoms with van der Waals surface area (Å²) in [6.45, 7) is 2.00. The predicted octanol–water partition coefficient (Wildman–Crippen LogP) is 0.435. The second-order valence-electron chi connectivity index (χ2n) is 3.91. The van der Waals surface area contributed by atoms with Crippen LogP contribution in [0.4, 0.5) is 5.82 Å². The SMILES string of the molecule is Cc1cnn(CC(=O)Nc2c(C#N)cnn2C)c1. The molecule has 0 saturated carbocycles. The quantitative estimate of drug-likeness (QED) is 0.848. The summed E-state index contributed by atoms with van der Waals surface area (Å²) in [5, 5.41) is 19.4. The number of nitrogens with zero attached hydrogens (tertiary/aromatic N) is 5. The standard InChI is InChI=1S/C11H12N6O/c1-8-4-14-17(6-8)7-10(18)15-11-9(3-12)5-13-16(11)2/h4-6H,7H2,1-2H3,(H,15,18). The first-order chi connectivity index (χ1) is 8.60. The Morgan fingerprint density at radius 3 is 2.89 bits per heavy atom. The first kappa shape index (κ1) is 11.9. The van der Waals surface area contributed by atoms with Gasteiger partial charge in [-0.05, 0) is 12.5 Å². The van der Waals surface area contributed by atoms with Crippen molar-refractivity contribution in [2.24, 2.45) is 7.05 Å². The van der Waals surface area contributed by atoms with Gasteiger partial charge in [-0.3, -0.25) is 14.2 Å². The van der Waals surface area contributed by atoms with Crippen molar-refractivity contribution in [3.63, 3.8) is 0 Å². The molecule has 7 heteroatoms. The molecule has 0 atom stereocenters. The molecule has 0 radical (unpaired) electrons. The lowest BCUT2D eigenvalue weighted by Gasteiger charge is -2.05. The summed E-state index contributed by atoms with van der Waals surface area (Å²) in [6.07, 6.45) is 4.86. The van der Waals surface area contributed by atoms with Gasteiger partial charge in [-0.1, -0.05) is 0 Å². The number of carbonyl (C=O) groups excluding carboxylic acids is 1. The van der Waals surface area contributed by atoms with E-state index in [9.17, 15) is 4.79 Å². The first-order valence-electron chi connectivity index (χ1n) is 5.31. The molecule has 0 bridgehead atoms. The molecule has 0 aliphatic rings. The molecule has 1 N–H and O–H groups in total. The van der Waals surface area contributed by atoms with Crippen LogP contribution >= 0.6 is 0 Å². The zero-order valence-corrected chi connectivity index (χ0v) is 10.1. The topological polar surface area (TPSA) is 88.5 Å². The number of carbonyl (C=O) groups is 1. The highest BCUT2D eigenvalue weighted by molar-refractivity contribution is 5.90. The van der Waals surface area contributed by atoms with E-state index in [0.29, 0.717) is 11.4 Å². The second-order valence-corrected chi connectivity index (χ2v) is 3.91. The van der Waals surface area contributed by atoms with E-state index in [1.54, 1.807) is 19.4 Å². The first-order valence-corrected chi connectivity index (χ1v) is 5.31. The van der Waals surface area contributed by atoms with E-state index in [1.807, 2.05) is 13.0 Å². The lowest BCUT2D eigenvalue weighted by atomic mass is 10.3. The fourth-order valence-corrected chi connectivity index (χ4v) is 1.54. The normalized spacial score (nSPS) is 10.1. The molecular weight excluding hydrogens is 232 g/mol. The third kappa shape index (κ3) is 2.38. The Morgan fingerprint density at radius 1 is 1.50 bits per heavy atom. The van der Waals surface area contributed by atoms with E-state index < -0.39 is 0 Å². The Hall–Kier alpha value is -2.62. The Bertz CT molecular complexity index is 618. The van der Waals surface area contributed by atoms with Crippen LogP contribution in [0.15, 0.2) is 18.6 Å². The third-order valence-corrected chi connectivity index (χ3v) is 2.38. The second kappa shape index (κ2) is 4.71. The summed E-state index contributed by atoms with van der Waals surface area (Å²) in [5.41, 5.74) is 1.32. The number of aromatic nitrogens is 4. The molecule has 0 unspecified atom stereocenters. The lowest BCUT2D eigenvalue weighted by Crippen LogP contribution is -2.21. The summed E-state index contributed by atoms with van der Waals surface area (Å²) in [4.78, 5) is 11.8. The zero-order valence-electron chi connectivity index (χ0n) is 10.1. The van der Waals surface area contributed by atoms with Gasteiger partial charge in [-0.2, -0.15) is 15.5 Å². The van der Waals surface area contributed by atoms with Gasteiger partial charge in [0.2, 0.25) is 5.91 Å². The smallest absolute Gasteiger partial charge is 0.247 e. The summed E-state index contributed by atoms with van der Waals surface area (Å²) in [5.74, 6) is 0.143. The highest BCUT2D eigenvalue weighted by atomic mass is 16.2. The number of nitriles is 1. The van der Waals surface area contributed by atoms with Crippen molar-refractivity contribution in [3.05, 3.63) is 29.7 Å². The molecule has 2 rings (SSSR count). The van der Waals surface area contributed by atoms with Crippen molar-refractivity contribution < 1.29 is 4.79 Å². The molecule has 2 heterocycles. The van der Waals surface area contributed by atoms with Gasteiger partial charge >= 0.3 is 0 Å². The van der Waals surface area contributed by atoms with Crippen LogP contribution in [-0.2, 0) is 18.4 Å². The predicted molar refractivity (Wildman–Crippen MR) is 63.5 cm³/mol. The molecule has 0 aliphatic carbocycles. The summed E-state index contributed by atoms with van der Waals surface area (Å²) in [6, 6.07) is 1.97. The minimum atomic E-state index is -0.252. The van der Waals surface area contributed by atoms with Crippen molar-refractivity contribution >= 4 is 11.7 Å². The van der Waals surface area contributed by atoms with Crippen molar-refractivity contribution in [3.8, 4) is 6.07 Å². The van der Waals surface area contributed by atoms with Gasteiger partial charge in [0.25, 0.3) is 0 Å². The number of nitrogens with one attached hydrogen (secondary N) is 1. The van der Waals surface area contributed by atoms with Crippen LogP contribution in [0.3, 0.4) is 0 Å². The van der Waals surface area contributed by atoms with Crippen LogP contribution in [-0.4, -0.2) is 25.5 Å². The van der Waals surface area contributed by atoms with Gasteiger partial charge in [0.1, 0.15) is 24.0 Å². The minimum absolute atomic E-state index is 0.101. The summed E-state index contributed by atoms with van der Waals surface area (Å²) in [7, 11) is 1.66. The molecule has 18 heavy (non-hydrogen) atoms. The van der Waals surface area contributed by atoms with Crippen LogP contribution < -0.4 is 5.32 Å². The molecule has 0 fully saturated rings. The van der Waals surface area contributed by atoms with E-state index in [-0.39, 0.29) is 12.5 Å². The maximum atomic E-state index is 11.8. The number of amides is 1. The molecule has 0 aliphatic heterocycles. The van der Waals surface area contributed by atoms with E-state index in [0.717, 1.165) is 5.56 Å². The highest BCUT2D eigenvalue weighted by Crippen LogP contribution is 2.12. The van der Waals surface area contributed by atoms with Crippen molar-refractivity contribution in [1.82, 2.24) is 19.6 Å². The molecule has 0 spiro atoms. The van der Waals surface area contributed by atoms with E-state index in [2.05, 4.69) is 15.5 Å². The number of hydrogen-bond donors (Lipinski definition) is 1. The molecule has 2 aromatic heterocycles.